The Morgan fingerprint density at radius 1 is 1.20 bits per heavy atom. The number of non-ortho nitro benzene ring substituents is 1. The number of phenolic OH excluding ortho intramolecular Hbond substituents is 1. The first-order chi connectivity index (χ1) is 14.3. The Balaban J connectivity index is 2.20. The van der Waals surface area contributed by atoms with Crippen LogP contribution in [0.5, 0.6) is 5.75 Å². The molecule has 0 saturated heterocycles. The smallest absolute Gasteiger partial charge is 0.279 e. The molecule has 7 nitrogen and oxygen atoms in total. The number of aromatic hydroxyl groups is 1. The minimum Gasteiger partial charge on any atom is -0.505 e. The number of carbonyl (C=O) groups excluding carboxylic acids is 1. The number of hydrogen-bond acceptors (Lipinski definition) is 5. The van der Waals surface area contributed by atoms with Crippen molar-refractivity contribution < 1.29 is 14.8 Å². The first-order valence-corrected chi connectivity index (χ1v) is 9.97. The number of nitro benzene ring substituents is 1. The summed E-state index contributed by atoms with van der Waals surface area (Å²) in [5.41, 5.74) is 2.07. The molecule has 2 aromatic carbocycles. The number of pyridine rings is 1. The number of nitrogens with one attached hydrogen (secondary N) is 1. The minimum absolute atomic E-state index is 0.134. The fourth-order valence-corrected chi connectivity index (χ4v) is 3.48. The molecular formula is C23H25N3O4. The maximum absolute atomic E-state index is 12.4. The van der Waals surface area contributed by atoms with Crippen molar-refractivity contribution in [1.29, 1.82) is 0 Å². The molecule has 0 aliphatic rings. The van der Waals surface area contributed by atoms with Crippen molar-refractivity contribution in [2.24, 2.45) is 0 Å². The summed E-state index contributed by atoms with van der Waals surface area (Å²) in [4.78, 5) is 27.8. The van der Waals surface area contributed by atoms with Crippen LogP contribution in [-0.4, -0.2) is 20.9 Å². The van der Waals surface area contributed by atoms with Crippen LogP contribution in [0.1, 0.15) is 62.3 Å². The average Bonchev–Trinajstić information content (AvgIpc) is 2.73. The lowest BCUT2D eigenvalue weighted by molar-refractivity contribution is -0.383. The minimum atomic E-state index is -0.740. The zero-order valence-electron chi connectivity index (χ0n) is 17.3. The van der Waals surface area contributed by atoms with E-state index in [2.05, 4.69) is 24.1 Å². The summed E-state index contributed by atoms with van der Waals surface area (Å²) in [5, 5.41) is 25.8. The number of nitrogens with zero attached hydrogens (tertiary/aromatic N) is 2. The number of phenols is 1. The van der Waals surface area contributed by atoms with E-state index in [1.165, 1.54) is 12.3 Å². The molecule has 0 saturated carbocycles. The number of hydrogen-bond donors (Lipinski definition) is 2. The molecule has 3 aromatic rings. The maximum Gasteiger partial charge on any atom is 0.279 e. The van der Waals surface area contributed by atoms with E-state index in [0.717, 1.165) is 11.1 Å². The van der Waals surface area contributed by atoms with Crippen LogP contribution < -0.4 is 5.32 Å². The van der Waals surface area contributed by atoms with Gasteiger partial charge in [0, 0.05) is 24.2 Å². The molecule has 1 atom stereocenters. The topological polar surface area (TPSA) is 105 Å². The van der Waals surface area contributed by atoms with E-state index in [0.29, 0.717) is 18.8 Å². The summed E-state index contributed by atoms with van der Waals surface area (Å²) in [7, 11) is 0. The van der Waals surface area contributed by atoms with Crippen molar-refractivity contribution in [2.75, 3.05) is 0 Å². The third-order valence-electron chi connectivity index (χ3n) is 5.10. The molecule has 0 radical (unpaired) electrons. The molecule has 1 aromatic heterocycles. The molecule has 156 valence electrons. The molecule has 3 rings (SSSR count). The lowest BCUT2D eigenvalue weighted by Crippen LogP contribution is -2.29. The lowest BCUT2D eigenvalue weighted by atomic mass is 9.93. The second kappa shape index (κ2) is 8.90. The third kappa shape index (κ3) is 4.25. The Labute approximate surface area is 174 Å². The molecule has 1 unspecified atom stereocenters. The highest BCUT2D eigenvalue weighted by Gasteiger charge is 2.26. The molecule has 1 amide bonds. The van der Waals surface area contributed by atoms with Crippen molar-refractivity contribution in [3.8, 4) is 5.75 Å². The first-order valence-electron chi connectivity index (χ1n) is 9.97. The number of carbonyl (C=O) groups is 1. The summed E-state index contributed by atoms with van der Waals surface area (Å²) in [6.07, 6.45) is 2.45. The van der Waals surface area contributed by atoms with Crippen molar-refractivity contribution in [2.45, 2.75) is 45.6 Å². The fourth-order valence-electron chi connectivity index (χ4n) is 3.48. The Kier molecular flexibility index (Phi) is 6.30. The second-order valence-corrected chi connectivity index (χ2v) is 7.56. The van der Waals surface area contributed by atoms with Crippen LogP contribution in [0.2, 0.25) is 0 Å². The van der Waals surface area contributed by atoms with E-state index >= 15 is 0 Å². The molecule has 7 heteroatoms. The summed E-state index contributed by atoms with van der Waals surface area (Å²) in [6.45, 7) is 6.06. The highest BCUT2D eigenvalue weighted by molar-refractivity contribution is 5.94. The highest BCUT2D eigenvalue weighted by atomic mass is 16.6. The van der Waals surface area contributed by atoms with Crippen LogP contribution in [0, 0.1) is 10.1 Å². The number of benzene rings is 2. The molecule has 30 heavy (non-hydrogen) atoms. The van der Waals surface area contributed by atoms with Crippen LogP contribution in [-0.2, 0) is 4.79 Å². The van der Waals surface area contributed by atoms with Crippen LogP contribution in [0.25, 0.3) is 10.9 Å². The summed E-state index contributed by atoms with van der Waals surface area (Å²) in [6, 6.07) is 11.4. The zero-order chi connectivity index (χ0) is 21.8. The molecule has 0 spiro atoms. The van der Waals surface area contributed by atoms with E-state index in [9.17, 15) is 20.0 Å². The fraction of sp³-hybridized carbons (Fsp3) is 0.304. The molecule has 0 aliphatic heterocycles. The van der Waals surface area contributed by atoms with Gasteiger partial charge in [-0.3, -0.25) is 19.9 Å². The van der Waals surface area contributed by atoms with Gasteiger partial charge >= 0.3 is 0 Å². The van der Waals surface area contributed by atoms with Crippen molar-refractivity contribution in [3.63, 3.8) is 0 Å². The van der Waals surface area contributed by atoms with Gasteiger partial charge in [-0.15, -0.1) is 0 Å². The highest BCUT2D eigenvalue weighted by Crippen LogP contribution is 2.39. The van der Waals surface area contributed by atoms with Gasteiger partial charge in [0.25, 0.3) is 5.69 Å². The van der Waals surface area contributed by atoms with Gasteiger partial charge in [-0.2, -0.15) is 0 Å². The van der Waals surface area contributed by atoms with Crippen LogP contribution in [0.4, 0.5) is 5.69 Å². The average molecular weight is 407 g/mol. The summed E-state index contributed by atoms with van der Waals surface area (Å²) >= 11 is 0. The predicted octanol–water partition coefficient (Wildman–Crippen LogP) is 4.98. The van der Waals surface area contributed by atoms with E-state index in [1.54, 1.807) is 12.1 Å². The van der Waals surface area contributed by atoms with Crippen LogP contribution >= 0.6 is 0 Å². The van der Waals surface area contributed by atoms with Crippen LogP contribution in [0.15, 0.2) is 48.7 Å². The van der Waals surface area contributed by atoms with Gasteiger partial charge in [0.05, 0.1) is 16.4 Å². The molecule has 0 bridgehead atoms. The SMILES string of the molecule is CCCC(=O)NC(c1ccc(C(C)C)cc1)c1cc([N+](=O)[O-])c2cccnc2c1O. The van der Waals surface area contributed by atoms with E-state index < -0.39 is 11.0 Å². The number of nitro groups is 1. The third-order valence-corrected chi connectivity index (χ3v) is 5.10. The van der Waals surface area contributed by atoms with Gasteiger partial charge in [-0.1, -0.05) is 45.0 Å². The first kappa shape index (κ1) is 21.2. The quantitative estimate of drug-likeness (QED) is 0.424. The Hall–Kier alpha value is -3.48. The van der Waals surface area contributed by atoms with Crippen molar-refractivity contribution >= 4 is 22.5 Å². The Morgan fingerprint density at radius 3 is 2.47 bits per heavy atom. The number of aromatic nitrogens is 1. The second-order valence-electron chi connectivity index (χ2n) is 7.56. The molecule has 2 N–H and O–H groups in total. The van der Waals surface area contributed by atoms with Gasteiger partial charge in [0.2, 0.25) is 5.91 Å². The van der Waals surface area contributed by atoms with Gasteiger partial charge in [0.1, 0.15) is 11.3 Å². The summed E-state index contributed by atoms with van der Waals surface area (Å²) < 4.78 is 0. The molecule has 0 fully saturated rings. The number of fused-ring (bicyclic) bond motifs is 1. The van der Waals surface area contributed by atoms with Crippen LogP contribution in [0.3, 0.4) is 0 Å². The monoisotopic (exact) mass is 407 g/mol. The van der Waals surface area contributed by atoms with E-state index in [4.69, 9.17) is 0 Å². The van der Waals surface area contributed by atoms with Crippen molar-refractivity contribution in [3.05, 3.63) is 75.5 Å². The zero-order valence-corrected chi connectivity index (χ0v) is 17.3. The normalized spacial score (nSPS) is 12.1. The molecule has 1 heterocycles. The Bertz CT molecular complexity index is 1080. The maximum atomic E-state index is 12.4. The number of rotatable bonds is 7. The predicted molar refractivity (Wildman–Crippen MR) is 115 cm³/mol. The van der Waals surface area contributed by atoms with Gasteiger partial charge in [-0.05, 0) is 35.6 Å². The number of amides is 1. The van der Waals surface area contributed by atoms with Gasteiger partial charge < -0.3 is 10.4 Å². The van der Waals surface area contributed by atoms with Gasteiger partial charge in [0.15, 0.2) is 0 Å². The largest absolute Gasteiger partial charge is 0.505 e. The van der Waals surface area contributed by atoms with E-state index in [1.807, 2.05) is 31.2 Å². The lowest BCUT2D eigenvalue weighted by Gasteiger charge is -2.22. The molecular weight excluding hydrogens is 382 g/mol. The standard InChI is InChI=1S/C23H25N3O4/c1-4-6-20(27)25-21(16-10-8-15(9-11-16)14(2)3)18-13-19(26(29)30)17-7-5-12-24-22(17)23(18)28/h5,7-14,21,28H,4,6H2,1-3H3,(H,25,27). The van der Waals surface area contributed by atoms with E-state index in [-0.39, 0.29) is 33.8 Å². The Morgan fingerprint density at radius 2 is 1.87 bits per heavy atom. The molecule has 0 aliphatic carbocycles. The summed E-state index contributed by atoms with van der Waals surface area (Å²) in [5.74, 6) is -0.0314. The van der Waals surface area contributed by atoms with Crippen molar-refractivity contribution in [1.82, 2.24) is 10.3 Å². The van der Waals surface area contributed by atoms with Gasteiger partial charge in [-0.25, -0.2) is 0 Å².